The normalized spacial score (nSPS) is 10.4. The lowest BCUT2D eigenvalue weighted by Gasteiger charge is -2.01. The zero-order chi connectivity index (χ0) is 12.1. The maximum absolute atomic E-state index is 13.3. The number of Topliss-reactive ketones (excluding diaryl/α,β-unsaturated/α-hetero) is 1. The maximum Gasteiger partial charge on any atom is 0.174 e. The van der Waals surface area contributed by atoms with E-state index in [4.69, 9.17) is 0 Å². The molecule has 2 aromatic rings. The molecule has 2 rings (SSSR count). The first-order valence-electron chi connectivity index (χ1n) is 4.90. The van der Waals surface area contributed by atoms with Gasteiger partial charge < -0.3 is 0 Å². The number of carbonyl (C=O) groups excluding carboxylic acids is 1. The van der Waals surface area contributed by atoms with Crippen LogP contribution in [0.1, 0.15) is 5.56 Å². The molecule has 0 atom stereocenters. The first-order valence-corrected chi connectivity index (χ1v) is 6.76. The van der Waals surface area contributed by atoms with Gasteiger partial charge in [0.25, 0.3) is 0 Å². The molecule has 1 aromatic heterocycles. The van der Waals surface area contributed by atoms with Crippen LogP contribution in [0.2, 0.25) is 0 Å². The molecule has 1 aromatic carbocycles. The zero-order valence-electron chi connectivity index (χ0n) is 8.80. The first kappa shape index (κ1) is 12.2. The van der Waals surface area contributed by atoms with Gasteiger partial charge in [-0.05, 0) is 11.6 Å². The summed E-state index contributed by atoms with van der Waals surface area (Å²) in [5.74, 6) is -0.0548. The summed E-state index contributed by atoms with van der Waals surface area (Å²) in [4.78, 5) is 11.6. The van der Waals surface area contributed by atoms with Crippen molar-refractivity contribution in [3.8, 4) is 0 Å². The second-order valence-corrected chi connectivity index (χ2v) is 5.36. The Bertz CT molecular complexity index is 502. The number of hydrogen-bond acceptors (Lipinski definition) is 5. The number of rotatable bonds is 5. The molecule has 0 saturated heterocycles. The quantitative estimate of drug-likeness (QED) is 0.782. The molecule has 0 radical (unpaired) electrons. The summed E-state index contributed by atoms with van der Waals surface area (Å²) < 4.78 is 14.0. The van der Waals surface area contributed by atoms with Crippen molar-refractivity contribution in [2.24, 2.45) is 0 Å². The lowest BCUT2D eigenvalue weighted by Crippen LogP contribution is -2.07. The largest absolute Gasteiger partial charge is 0.298 e. The number of ketones is 1. The molecule has 3 nitrogen and oxygen atoms in total. The van der Waals surface area contributed by atoms with Crippen molar-refractivity contribution in [1.82, 2.24) is 10.2 Å². The number of thioether (sulfide) groups is 1. The first-order chi connectivity index (χ1) is 8.25. The van der Waals surface area contributed by atoms with E-state index in [1.54, 1.807) is 23.7 Å². The van der Waals surface area contributed by atoms with Crippen molar-refractivity contribution in [2.45, 2.75) is 10.8 Å². The fraction of sp³-hybridized carbons (Fsp3) is 0.182. The van der Waals surface area contributed by atoms with Crippen molar-refractivity contribution in [2.75, 3.05) is 5.75 Å². The van der Waals surface area contributed by atoms with Crippen LogP contribution >= 0.6 is 23.1 Å². The van der Waals surface area contributed by atoms with Crippen LogP contribution in [-0.2, 0) is 11.2 Å². The highest BCUT2D eigenvalue weighted by Gasteiger charge is 2.09. The molecule has 0 fully saturated rings. The third kappa shape index (κ3) is 3.61. The van der Waals surface area contributed by atoms with Crippen LogP contribution < -0.4 is 0 Å². The Morgan fingerprint density at radius 3 is 2.94 bits per heavy atom. The topological polar surface area (TPSA) is 42.9 Å². The molecule has 0 aliphatic heterocycles. The lowest BCUT2D eigenvalue weighted by molar-refractivity contribution is -0.116. The third-order valence-electron chi connectivity index (χ3n) is 2.04. The van der Waals surface area contributed by atoms with Gasteiger partial charge in [-0.2, -0.15) is 0 Å². The average molecular weight is 268 g/mol. The van der Waals surface area contributed by atoms with E-state index >= 15 is 0 Å². The highest BCUT2D eigenvalue weighted by molar-refractivity contribution is 8.01. The van der Waals surface area contributed by atoms with Gasteiger partial charge in [0.2, 0.25) is 0 Å². The van der Waals surface area contributed by atoms with E-state index in [2.05, 4.69) is 10.2 Å². The Morgan fingerprint density at radius 2 is 2.24 bits per heavy atom. The molecule has 1 heterocycles. The van der Waals surface area contributed by atoms with Crippen LogP contribution in [0.3, 0.4) is 0 Å². The van der Waals surface area contributed by atoms with E-state index in [0.717, 1.165) is 4.34 Å². The smallest absolute Gasteiger partial charge is 0.174 e. The van der Waals surface area contributed by atoms with Crippen LogP contribution in [0.4, 0.5) is 4.39 Å². The van der Waals surface area contributed by atoms with Gasteiger partial charge in [-0.15, -0.1) is 10.2 Å². The Balaban J connectivity index is 1.87. The molecular weight excluding hydrogens is 259 g/mol. The van der Waals surface area contributed by atoms with E-state index in [-0.39, 0.29) is 18.0 Å². The van der Waals surface area contributed by atoms with Crippen LogP contribution in [0.15, 0.2) is 34.1 Å². The second kappa shape index (κ2) is 5.88. The van der Waals surface area contributed by atoms with E-state index in [0.29, 0.717) is 11.3 Å². The molecule has 0 aliphatic rings. The number of benzene rings is 1. The molecule has 6 heteroatoms. The summed E-state index contributed by atoms with van der Waals surface area (Å²) in [5, 5.41) is 7.49. The van der Waals surface area contributed by atoms with Gasteiger partial charge in [0.05, 0.1) is 5.75 Å². The van der Waals surface area contributed by atoms with Gasteiger partial charge in [0.1, 0.15) is 17.1 Å². The Kier molecular flexibility index (Phi) is 4.22. The average Bonchev–Trinajstić information content (AvgIpc) is 2.82. The van der Waals surface area contributed by atoms with Crippen LogP contribution in [-0.4, -0.2) is 21.7 Å². The fourth-order valence-corrected chi connectivity index (χ4v) is 2.62. The van der Waals surface area contributed by atoms with Crippen molar-refractivity contribution in [3.63, 3.8) is 0 Å². The van der Waals surface area contributed by atoms with Gasteiger partial charge in [0.15, 0.2) is 4.34 Å². The van der Waals surface area contributed by atoms with Crippen molar-refractivity contribution >= 4 is 28.9 Å². The van der Waals surface area contributed by atoms with Crippen molar-refractivity contribution in [3.05, 3.63) is 41.2 Å². The molecule has 0 unspecified atom stereocenters. The number of halogens is 1. The molecular formula is C11H9FN2OS2. The van der Waals surface area contributed by atoms with Gasteiger partial charge >= 0.3 is 0 Å². The molecule has 0 aliphatic carbocycles. The van der Waals surface area contributed by atoms with Gasteiger partial charge in [-0.25, -0.2) is 4.39 Å². The molecule has 0 N–H and O–H groups in total. The standard InChI is InChI=1S/C11H9FN2OS2/c12-10-4-2-1-3-8(10)5-9(15)6-16-11-14-13-7-17-11/h1-4,7H,5-6H2. The highest BCUT2D eigenvalue weighted by atomic mass is 32.2. The molecule has 0 bridgehead atoms. The van der Waals surface area contributed by atoms with E-state index < -0.39 is 0 Å². The summed E-state index contributed by atoms with van der Waals surface area (Å²) in [5.41, 5.74) is 2.05. The lowest BCUT2D eigenvalue weighted by atomic mass is 10.1. The summed E-state index contributed by atoms with van der Waals surface area (Å²) in [6, 6.07) is 6.33. The number of hydrogen-bond donors (Lipinski definition) is 0. The summed E-state index contributed by atoms with van der Waals surface area (Å²) in [6.07, 6.45) is 0.123. The third-order valence-corrected chi connectivity index (χ3v) is 3.96. The number of aromatic nitrogens is 2. The number of nitrogens with zero attached hydrogens (tertiary/aromatic N) is 2. The zero-order valence-corrected chi connectivity index (χ0v) is 10.4. The molecule has 0 saturated carbocycles. The minimum absolute atomic E-state index is 0.0182. The predicted octanol–water partition coefficient (Wildman–Crippen LogP) is 2.58. The van der Waals surface area contributed by atoms with E-state index in [1.807, 2.05) is 0 Å². The summed E-state index contributed by atoms with van der Waals surface area (Å²) >= 11 is 2.72. The van der Waals surface area contributed by atoms with Crippen molar-refractivity contribution < 1.29 is 9.18 Å². The van der Waals surface area contributed by atoms with E-state index in [9.17, 15) is 9.18 Å². The Morgan fingerprint density at radius 1 is 1.41 bits per heavy atom. The van der Waals surface area contributed by atoms with Gasteiger partial charge in [0, 0.05) is 6.42 Å². The molecule has 17 heavy (non-hydrogen) atoms. The monoisotopic (exact) mass is 268 g/mol. The minimum Gasteiger partial charge on any atom is -0.298 e. The van der Waals surface area contributed by atoms with Gasteiger partial charge in [-0.1, -0.05) is 41.3 Å². The fourth-order valence-electron chi connectivity index (χ4n) is 1.27. The van der Waals surface area contributed by atoms with Crippen LogP contribution in [0, 0.1) is 5.82 Å². The highest BCUT2D eigenvalue weighted by Crippen LogP contribution is 2.19. The van der Waals surface area contributed by atoms with E-state index in [1.165, 1.54) is 29.2 Å². The summed E-state index contributed by atoms with van der Waals surface area (Å²) in [6.45, 7) is 0. The molecule has 0 spiro atoms. The van der Waals surface area contributed by atoms with Crippen molar-refractivity contribution in [1.29, 1.82) is 0 Å². The minimum atomic E-state index is -0.332. The Hall–Kier alpha value is -1.27. The Labute approximate surface area is 106 Å². The second-order valence-electron chi connectivity index (χ2n) is 3.30. The number of carbonyl (C=O) groups is 1. The molecule has 0 amide bonds. The summed E-state index contributed by atoms with van der Waals surface area (Å²) in [7, 11) is 0. The van der Waals surface area contributed by atoms with Crippen LogP contribution in [0.25, 0.3) is 0 Å². The van der Waals surface area contributed by atoms with Gasteiger partial charge in [-0.3, -0.25) is 4.79 Å². The van der Waals surface area contributed by atoms with Crippen LogP contribution in [0.5, 0.6) is 0 Å². The molecule has 88 valence electrons. The maximum atomic E-state index is 13.3. The SMILES string of the molecule is O=C(CSc1nncs1)Cc1ccccc1F. The predicted molar refractivity (Wildman–Crippen MR) is 65.7 cm³/mol.